The Kier molecular flexibility index (Phi) is 4.77. The average Bonchev–Trinajstić information content (AvgIpc) is 2.91. The summed E-state index contributed by atoms with van der Waals surface area (Å²) in [7, 11) is 0. The van der Waals surface area contributed by atoms with Crippen molar-refractivity contribution in [1.82, 2.24) is 10.6 Å². The van der Waals surface area contributed by atoms with E-state index in [1.165, 1.54) is 0 Å². The van der Waals surface area contributed by atoms with Gasteiger partial charge in [0.15, 0.2) is 0 Å². The molecule has 0 aliphatic carbocycles. The molecule has 1 aliphatic heterocycles. The topological polar surface area (TPSA) is 114 Å². The summed E-state index contributed by atoms with van der Waals surface area (Å²) in [5, 5.41) is 15.1. The van der Waals surface area contributed by atoms with E-state index in [1.54, 1.807) is 24.3 Å². The highest BCUT2D eigenvalue weighted by Gasteiger charge is 2.32. The van der Waals surface area contributed by atoms with Crippen LogP contribution in [0.1, 0.15) is 16.8 Å². The Morgan fingerprint density at radius 2 is 2.00 bits per heavy atom. The number of ether oxygens (including phenoxy) is 1. The molecule has 5 N–H and O–H groups in total. The van der Waals surface area contributed by atoms with Crippen molar-refractivity contribution in [3.63, 3.8) is 0 Å². The third-order valence-electron chi connectivity index (χ3n) is 3.28. The first-order chi connectivity index (χ1) is 9.98. The minimum atomic E-state index is -1.00. The highest BCUT2D eigenvalue weighted by atomic mass is 16.5. The van der Waals surface area contributed by atoms with Gasteiger partial charge in [-0.3, -0.25) is 9.59 Å². The molecule has 114 valence electrons. The molecule has 0 aromatic heterocycles. The molecular formula is C14H19N3O4. The van der Waals surface area contributed by atoms with Crippen LogP contribution in [0.15, 0.2) is 24.3 Å². The van der Waals surface area contributed by atoms with Crippen molar-refractivity contribution in [3.8, 4) is 0 Å². The number of aliphatic hydroxyl groups is 1. The number of hydrogen-bond acceptors (Lipinski definition) is 5. The molecule has 1 unspecified atom stereocenters. The first-order valence-corrected chi connectivity index (χ1v) is 6.69. The number of nitrogens with two attached hydrogens (primary N) is 1. The summed E-state index contributed by atoms with van der Waals surface area (Å²) in [5.74, 6) is -0.716. The molecule has 1 heterocycles. The molecular weight excluding hydrogens is 274 g/mol. The Bertz CT molecular complexity index is 509. The van der Waals surface area contributed by atoms with E-state index in [0.29, 0.717) is 24.3 Å². The number of benzene rings is 1. The standard InChI is InChI=1S/C14H19N3O4/c15-11-3-1-10(2-4-11)13(19)16-7-12(18)17-8-14(20)5-6-21-9-14/h1-4,20H,5-9,15H2,(H,16,19)(H,17,18). The zero-order chi connectivity index (χ0) is 15.3. The lowest BCUT2D eigenvalue weighted by Crippen LogP contribution is -2.46. The summed E-state index contributed by atoms with van der Waals surface area (Å²) in [6, 6.07) is 6.40. The fraction of sp³-hybridized carbons (Fsp3) is 0.429. The summed E-state index contributed by atoms with van der Waals surface area (Å²) >= 11 is 0. The molecule has 1 aliphatic rings. The van der Waals surface area contributed by atoms with Gasteiger partial charge in [0.25, 0.3) is 5.91 Å². The first kappa shape index (κ1) is 15.3. The number of amides is 2. The van der Waals surface area contributed by atoms with Crippen LogP contribution >= 0.6 is 0 Å². The molecule has 0 saturated carbocycles. The van der Waals surface area contributed by atoms with E-state index in [1.807, 2.05) is 0 Å². The van der Waals surface area contributed by atoms with Gasteiger partial charge in [-0.15, -0.1) is 0 Å². The summed E-state index contributed by atoms with van der Waals surface area (Å²) in [5.41, 5.74) is 5.52. The largest absolute Gasteiger partial charge is 0.399 e. The molecule has 1 fully saturated rings. The van der Waals surface area contributed by atoms with E-state index in [-0.39, 0.29) is 31.5 Å². The SMILES string of the molecule is Nc1ccc(C(=O)NCC(=O)NCC2(O)CCOC2)cc1. The second-order valence-corrected chi connectivity index (χ2v) is 5.11. The van der Waals surface area contributed by atoms with Gasteiger partial charge in [0.1, 0.15) is 5.60 Å². The molecule has 21 heavy (non-hydrogen) atoms. The predicted molar refractivity (Wildman–Crippen MR) is 76.6 cm³/mol. The molecule has 1 aromatic carbocycles. The fourth-order valence-corrected chi connectivity index (χ4v) is 1.96. The number of carbonyl (C=O) groups excluding carboxylic acids is 2. The summed E-state index contributed by atoms with van der Waals surface area (Å²) in [6.07, 6.45) is 0.491. The Labute approximate surface area is 122 Å². The zero-order valence-electron chi connectivity index (χ0n) is 11.6. The lowest BCUT2D eigenvalue weighted by atomic mass is 10.0. The summed E-state index contributed by atoms with van der Waals surface area (Å²) in [4.78, 5) is 23.4. The minimum Gasteiger partial charge on any atom is -0.399 e. The van der Waals surface area contributed by atoms with Crippen LogP contribution in [0, 0.1) is 0 Å². The molecule has 1 atom stereocenters. The number of anilines is 1. The molecule has 0 radical (unpaired) electrons. The van der Waals surface area contributed by atoms with Crippen molar-refractivity contribution in [1.29, 1.82) is 0 Å². The Balaban J connectivity index is 1.73. The number of hydrogen-bond donors (Lipinski definition) is 4. The minimum absolute atomic E-state index is 0.115. The van der Waals surface area contributed by atoms with Crippen molar-refractivity contribution >= 4 is 17.5 Å². The second kappa shape index (κ2) is 6.55. The van der Waals surface area contributed by atoms with E-state index >= 15 is 0 Å². The van der Waals surface area contributed by atoms with Gasteiger partial charge in [0.05, 0.1) is 13.2 Å². The fourth-order valence-electron chi connectivity index (χ4n) is 1.96. The zero-order valence-corrected chi connectivity index (χ0v) is 11.6. The van der Waals surface area contributed by atoms with Gasteiger partial charge in [0, 0.05) is 30.8 Å². The monoisotopic (exact) mass is 293 g/mol. The quantitative estimate of drug-likeness (QED) is 0.534. The lowest BCUT2D eigenvalue weighted by Gasteiger charge is -2.20. The number of nitrogens with one attached hydrogen (secondary N) is 2. The van der Waals surface area contributed by atoms with Crippen LogP contribution in [0.3, 0.4) is 0 Å². The van der Waals surface area contributed by atoms with E-state index < -0.39 is 5.60 Å². The van der Waals surface area contributed by atoms with Crippen LogP contribution in [0.2, 0.25) is 0 Å². The van der Waals surface area contributed by atoms with E-state index in [9.17, 15) is 14.7 Å². The van der Waals surface area contributed by atoms with Crippen molar-refractivity contribution in [2.45, 2.75) is 12.0 Å². The predicted octanol–water partition coefficient (Wildman–Crippen LogP) is -0.734. The molecule has 1 saturated heterocycles. The van der Waals surface area contributed by atoms with Crippen LogP contribution in [-0.2, 0) is 9.53 Å². The summed E-state index contributed by atoms with van der Waals surface area (Å²) in [6.45, 7) is 0.662. The molecule has 7 heteroatoms. The number of rotatable bonds is 5. The van der Waals surface area contributed by atoms with E-state index in [2.05, 4.69) is 10.6 Å². The smallest absolute Gasteiger partial charge is 0.251 e. The maximum Gasteiger partial charge on any atom is 0.251 e. The van der Waals surface area contributed by atoms with Crippen LogP contribution < -0.4 is 16.4 Å². The molecule has 2 amide bonds. The average molecular weight is 293 g/mol. The third-order valence-corrected chi connectivity index (χ3v) is 3.28. The molecule has 0 spiro atoms. The first-order valence-electron chi connectivity index (χ1n) is 6.69. The number of nitrogen functional groups attached to an aromatic ring is 1. The maximum atomic E-state index is 11.8. The molecule has 2 rings (SSSR count). The highest BCUT2D eigenvalue weighted by molar-refractivity contribution is 5.96. The van der Waals surface area contributed by atoms with Gasteiger partial charge >= 0.3 is 0 Å². The van der Waals surface area contributed by atoms with Gasteiger partial charge in [-0.2, -0.15) is 0 Å². The Morgan fingerprint density at radius 1 is 1.29 bits per heavy atom. The van der Waals surface area contributed by atoms with Crippen molar-refractivity contribution in [2.75, 3.05) is 32.0 Å². The van der Waals surface area contributed by atoms with Crippen LogP contribution in [0.4, 0.5) is 5.69 Å². The van der Waals surface area contributed by atoms with Crippen molar-refractivity contribution in [3.05, 3.63) is 29.8 Å². The van der Waals surface area contributed by atoms with E-state index in [4.69, 9.17) is 10.5 Å². The highest BCUT2D eigenvalue weighted by Crippen LogP contribution is 2.16. The molecule has 0 bridgehead atoms. The second-order valence-electron chi connectivity index (χ2n) is 5.11. The van der Waals surface area contributed by atoms with Gasteiger partial charge in [-0.1, -0.05) is 0 Å². The normalized spacial score (nSPS) is 21.0. The van der Waals surface area contributed by atoms with Gasteiger partial charge in [-0.05, 0) is 24.3 Å². The lowest BCUT2D eigenvalue weighted by molar-refractivity contribution is -0.121. The Morgan fingerprint density at radius 3 is 2.62 bits per heavy atom. The van der Waals surface area contributed by atoms with Crippen molar-refractivity contribution < 1.29 is 19.4 Å². The summed E-state index contributed by atoms with van der Waals surface area (Å²) < 4.78 is 5.08. The van der Waals surface area contributed by atoms with Gasteiger partial charge in [0.2, 0.25) is 5.91 Å². The van der Waals surface area contributed by atoms with Crippen LogP contribution in [0.5, 0.6) is 0 Å². The van der Waals surface area contributed by atoms with Crippen molar-refractivity contribution in [2.24, 2.45) is 0 Å². The third kappa shape index (κ3) is 4.44. The van der Waals surface area contributed by atoms with E-state index in [0.717, 1.165) is 0 Å². The Hall–Kier alpha value is -2.12. The van der Waals surface area contributed by atoms with Crippen LogP contribution in [0.25, 0.3) is 0 Å². The molecule has 7 nitrogen and oxygen atoms in total. The maximum absolute atomic E-state index is 11.8. The molecule has 1 aromatic rings. The van der Waals surface area contributed by atoms with Gasteiger partial charge in [-0.25, -0.2) is 0 Å². The van der Waals surface area contributed by atoms with Crippen LogP contribution in [-0.4, -0.2) is 48.8 Å². The number of carbonyl (C=O) groups is 2. The van der Waals surface area contributed by atoms with Gasteiger partial charge < -0.3 is 26.2 Å².